The fraction of sp³-hybridized carbons (Fsp3) is 0.364. The molecule has 0 spiro atoms. The van der Waals surface area contributed by atoms with Crippen LogP contribution in [-0.4, -0.2) is 37.4 Å². The maximum absolute atomic E-state index is 11.9. The van der Waals surface area contributed by atoms with Gasteiger partial charge in [0, 0.05) is 26.5 Å². The summed E-state index contributed by atoms with van der Waals surface area (Å²) in [6, 6.07) is 1.90. The highest BCUT2D eigenvalue weighted by Gasteiger charge is 2.11. The van der Waals surface area contributed by atoms with Gasteiger partial charge in [-0.2, -0.15) is 10.2 Å². The first-order valence-corrected chi connectivity index (χ1v) is 6.24. The molecular weight excluding hydrogens is 298 g/mol. The van der Waals surface area contributed by atoms with Gasteiger partial charge in [0.15, 0.2) is 0 Å². The minimum absolute atomic E-state index is 0.00347. The lowest BCUT2D eigenvalue weighted by molar-refractivity contribution is -0.131. The van der Waals surface area contributed by atoms with Crippen molar-refractivity contribution in [1.82, 2.24) is 24.5 Å². The van der Waals surface area contributed by atoms with E-state index in [2.05, 4.69) is 26.1 Å². The maximum Gasteiger partial charge on any atom is 0.244 e. The fourth-order valence-corrected chi connectivity index (χ4v) is 1.89. The number of aromatic nitrogens is 4. The molecule has 2 rings (SSSR count). The van der Waals surface area contributed by atoms with Crippen molar-refractivity contribution in [2.45, 2.75) is 13.1 Å². The lowest BCUT2D eigenvalue weighted by atomic mass is 10.4. The highest BCUT2D eigenvalue weighted by Crippen LogP contribution is 2.07. The zero-order valence-electron chi connectivity index (χ0n) is 10.2. The smallest absolute Gasteiger partial charge is 0.244 e. The predicted octanol–water partition coefficient (Wildman–Crippen LogP) is 1.04. The van der Waals surface area contributed by atoms with Crippen LogP contribution in [0.15, 0.2) is 29.1 Å². The maximum atomic E-state index is 11.9. The number of halogens is 1. The number of carbonyl (C=O) groups is 1. The van der Waals surface area contributed by atoms with Crippen molar-refractivity contribution in [3.63, 3.8) is 0 Å². The quantitative estimate of drug-likeness (QED) is 0.847. The van der Waals surface area contributed by atoms with E-state index in [1.807, 2.05) is 19.3 Å². The molecule has 0 aliphatic heterocycles. The molecule has 0 saturated carbocycles. The molecule has 0 aliphatic rings. The second-order valence-electron chi connectivity index (χ2n) is 4.09. The van der Waals surface area contributed by atoms with Gasteiger partial charge in [-0.05, 0) is 22.0 Å². The molecule has 2 heterocycles. The Morgan fingerprint density at radius 2 is 2.33 bits per heavy atom. The number of amides is 1. The van der Waals surface area contributed by atoms with Crippen molar-refractivity contribution in [3.05, 3.63) is 34.8 Å². The molecule has 1 amide bonds. The molecule has 0 saturated heterocycles. The number of hydrogen-bond donors (Lipinski definition) is 0. The normalized spacial score (nSPS) is 10.6. The highest BCUT2D eigenvalue weighted by molar-refractivity contribution is 9.10. The third-order valence-corrected chi connectivity index (χ3v) is 2.90. The van der Waals surface area contributed by atoms with Gasteiger partial charge in [-0.3, -0.25) is 14.2 Å². The molecule has 2 aromatic heterocycles. The van der Waals surface area contributed by atoms with E-state index in [9.17, 15) is 4.79 Å². The van der Waals surface area contributed by atoms with E-state index in [0.29, 0.717) is 6.54 Å². The van der Waals surface area contributed by atoms with Crippen molar-refractivity contribution >= 4 is 21.8 Å². The fourth-order valence-electron chi connectivity index (χ4n) is 1.56. The van der Waals surface area contributed by atoms with Gasteiger partial charge in [0.25, 0.3) is 0 Å². The second kappa shape index (κ2) is 5.34. The van der Waals surface area contributed by atoms with Crippen molar-refractivity contribution in [1.29, 1.82) is 0 Å². The molecule has 0 N–H and O–H groups in total. The average Bonchev–Trinajstić information content (AvgIpc) is 2.88. The van der Waals surface area contributed by atoms with Crippen LogP contribution in [-0.2, 0) is 24.9 Å². The van der Waals surface area contributed by atoms with Gasteiger partial charge in [-0.25, -0.2) is 0 Å². The van der Waals surface area contributed by atoms with Crippen LogP contribution in [0.3, 0.4) is 0 Å². The molecule has 7 heteroatoms. The molecule has 18 heavy (non-hydrogen) atoms. The first-order chi connectivity index (χ1) is 8.54. The summed E-state index contributed by atoms with van der Waals surface area (Å²) in [5.74, 6) is -0.00347. The monoisotopic (exact) mass is 311 g/mol. The van der Waals surface area contributed by atoms with Crippen LogP contribution >= 0.6 is 15.9 Å². The third kappa shape index (κ3) is 3.19. The Kier molecular flexibility index (Phi) is 3.81. The number of nitrogens with zero attached hydrogens (tertiary/aromatic N) is 5. The zero-order chi connectivity index (χ0) is 13.1. The number of carbonyl (C=O) groups excluding carboxylic acids is 1. The first kappa shape index (κ1) is 12.8. The van der Waals surface area contributed by atoms with Gasteiger partial charge >= 0.3 is 0 Å². The molecule has 0 fully saturated rings. The summed E-state index contributed by atoms with van der Waals surface area (Å²) in [4.78, 5) is 13.6. The van der Waals surface area contributed by atoms with Crippen molar-refractivity contribution in [3.8, 4) is 0 Å². The Balaban J connectivity index is 1.92. The Morgan fingerprint density at radius 3 is 2.89 bits per heavy atom. The molecular formula is C11H14BrN5O. The molecule has 0 aliphatic carbocycles. The van der Waals surface area contributed by atoms with E-state index in [4.69, 9.17) is 0 Å². The Morgan fingerprint density at radius 1 is 1.56 bits per heavy atom. The van der Waals surface area contributed by atoms with Crippen LogP contribution in [0, 0.1) is 0 Å². The van der Waals surface area contributed by atoms with E-state index in [0.717, 1.165) is 10.2 Å². The Hall–Kier alpha value is -1.63. The molecule has 6 nitrogen and oxygen atoms in total. The van der Waals surface area contributed by atoms with Gasteiger partial charge in [-0.1, -0.05) is 0 Å². The number of rotatable bonds is 4. The van der Waals surface area contributed by atoms with E-state index < -0.39 is 0 Å². The molecule has 0 radical (unpaired) electrons. The van der Waals surface area contributed by atoms with Crippen molar-refractivity contribution in [2.75, 3.05) is 7.05 Å². The molecule has 0 atom stereocenters. The first-order valence-electron chi connectivity index (χ1n) is 5.45. The van der Waals surface area contributed by atoms with Crippen molar-refractivity contribution < 1.29 is 4.79 Å². The summed E-state index contributed by atoms with van der Waals surface area (Å²) in [5, 5.41) is 8.29. The number of hydrogen-bond acceptors (Lipinski definition) is 3. The molecule has 2 aromatic rings. The van der Waals surface area contributed by atoms with Gasteiger partial charge in [-0.15, -0.1) is 0 Å². The summed E-state index contributed by atoms with van der Waals surface area (Å²) in [6.07, 6.45) is 5.29. The van der Waals surface area contributed by atoms with Crippen LogP contribution < -0.4 is 0 Å². The minimum Gasteiger partial charge on any atom is -0.338 e. The Bertz CT molecular complexity index is 547. The molecule has 96 valence electrons. The van der Waals surface area contributed by atoms with Gasteiger partial charge < -0.3 is 4.90 Å². The Labute approximate surface area is 113 Å². The van der Waals surface area contributed by atoms with E-state index in [1.54, 1.807) is 33.7 Å². The van der Waals surface area contributed by atoms with Crippen molar-refractivity contribution in [2.24, 2.45) is 7.05 Å². The molecule has 0 bridgehead atoms. The number of likely N-dealkylation sites (N-methyl/N-ethyl adjacent to an activating group) is 1. The summed E-state index contributed by atoms with van der Waals surface area (Å²) >= 11 is 3.29. The van der Waals surface area contributed by atoms with Crippen LogP contribution in [0.4, 0.5) is 0 Å². The van der Waals surface area contributed by atoms with E-state index >= 15 is 0 Å². The zero-order valence-corrected chi connectivity index (χ0v) is 11.8. The van der Waals surface area contributed by atoms with E-state index in [1.165, 1.54) is 0 Å². The predicted molar refractivity (Wildman–Crippen MR) is 69.6 cm³/mol. The average molecular weight is 312 g/mol. The van der Waals surface area contributed by atoms with E-state index in [-0.39, 0.29) is 12.5 Å². The summed E-state index contributed by atoms with van der Waals surface area (Å²) < 4.78 is 4.18. The minimum atomic E-state index is -0.00347. The molecule has 0 aromatic carbocycles. The highest BCUT2D eigenvalue weighted by atomic mass is 79.9. The largest absolute Gasteiger partial charge is 0.338 e. The summed E-state index contributed by atoms with van der Waals surface area (Å²) in [5.41, 5.74) is 0.870. The van der Waals surface area contributed by atoms with Gasteiger partial charge in [0.05, 0.1) is 22.9 Å². The standard InChI is InChI=1S/C11H14BrN5O/c1-15(7-10-3-4-16(2)14-10)11(18)8-17-6-9(12)5-13-17/h3-6H,7-8H2,1-2H3. The lowest BCUT2D eigenvalue weighted by Crippen LogP contribution is -2.30. The van der Waals surface area contributed by atoms with Crippen LogP contribution in [0.25, 0.3) is 0 Å². The van der Waals surface area contributed by atoms with Crippen LogP contribution in [0.2, 0.25) is 0 Å². The topological polar surface area (TPSA) is 56.0 Å². The lowest BCUT2D eigenvalue weighted by Gasteiger charge is -2.15. The van der Waals surface area contributed by atoms with Crippen LogP contribution in [0.1, 0.15) is 5.69 Å². The molecule has 0 unspecified atom stereocenters. The SMILES string of the molecule is CN(Cc1ccn(C)n1)C(=O)Cn1cc(Br)cn1. The second-order valence-corrected chi connectivity index (χ2v) is 5.00. The summed E-state index contributed by atoms with van der Waals surface area (Å²) in [6.45, 7) is 0.733. The number of aryl methyl sites for hydroxylation is 1. The van der Waals surface area contributed by atoms with Gasteiger partial charge in [0.1, 0.15) is 6.54 Å². The van der Waals surface area contributed by atoms with Crippen LogP contribution in [0.5, 0.6) is 0 Å². The third-order valence-electron chi connectivity index (χ3n) is 2.49. The summed E-state index contributed by atoms with van der Waals surface area (Å²) in [7, 11) is 3.61. The van der Waals surface area contributed by atoms with Gasteiger partial charge in [0.2, 0.25) is 5.91 Å².